The third-order valence-electron chi connectivity index (χ3n) is 4.42. The van der Waals surface area contributed by atoms with E-state index in [4.69, 9.17) is 4.74 Å². The molecule has 9 heteroatoms. The number of amides is 1. The molecule has 0 saturated carbocycles. The summed E-state index contributed by atoms with van der Waals surface area (Å²) in [6.07, 6.45) is -1.30. The molecule has 1 fully saturated rings. The highest BCUT2D eigenvalue weighted by Gasteiger charge is 2.42. The number of esters is 1. The van der Waals surface area contributed by atoms with Crippen molar-refractivity contribution in [1.29, 1.82) is 0 Å². The van der Waals surface area contributed by atoms with Gasteiger partial charge in [0.1, 0.15) is 12.6 Å². The van der Waals surface area contributed by atoms with Gasteiger partial charge in [-0.05, 0) is 24.1 Å². The second-order valence-corrected chi connectivity index (χ2v) is 8.12. The molecule has 1 aliphatic heterocycles. The van der Waals surface area contributed by atoms with Crippen molar-refractivity contribution >= 4 is 22.1 Å². The van der Waals surface area contributed by atoms with E-state index < -0.39 is 34.2 Å². The van der Waals surface area contributed by atoms with Crippen LogP contribution in [0.1, 0.15) is 12.0 Å². The number of sulfonamides is 1. The Morgan fingerprint density at radius 1 is 1.07 bits per heavy atom. The maximum absolute atomic E-state index is 12.5. The van der Waals surface area contributed by atoms with Gasteiger partial charge < -0.3 is 9.84 Å². The number of ether oxygens (including phenoxy) is 1. The van der Waals surface area contributed by atoms with Crippen molar-refractivity contribution in [1.82, 2.24) is 9.62 Å². The van der Waals surface area contributed by atoms with E-state index in [1.165, 1.54) is 12.1 Å². The largest absolute Gasteiger partial charge is 0.465 e. The second-order valence-electron chi connectivity index (χ2n) is 6.41. The molecule has 3 rings (SSSR count). The van der Waals surface area contributed by atoms with E-state index in [-0.39, 0.29) is 24.5 Å². The van der Waals surface area contributed by atoms with Gasteiger partial charge in [-0.2, -0.15) is 0 Å². The van der Waals surface area contributed by atoms with Crippen LogP contribution in [0.25, 0.3) is 0 Å². The summed E-state index contributed by atoms with van der Waals surface area (Å²) in [7, 11) is -3.82. The number of hydrogen-bond donors (Lipinski definition) is 2. The number of carbonyl (C=O) groups excluding carboxylic acids is 1. The van der Waals surface area contributed by atoms with Crippen molar-refractivity contribution in [2.45, 2.75) is 30.0 Å². The van der Waals surface area contributed by atoms with Gasteiger partial charge in [-0.3, -0.25) is 4.90 Å². The molecule has 0 aliphatic carbocycles. The minimum absolute atomic E-state index is 0.00594. The van der Waals surface area contributed by atoms with Crippen molar-refractivity contribution in [3.8, 4) is 0 Å². The van der Waals surface area contributed by atoms with Gasteiger partial charge in [0.05, 0.1) is 4.90 Å². The van der Waals surface area contributed by atoms with Crippen molar-refractivity contribution in [2.24, 2.45) is 0 Å². The van der Waals surface area contributed by atoms with Crippen LogP contribution in [-0.2, 0) is 26.2 Å². The number of carbonyl (C=O) groups is 2. The van der Waals surface area contributed by atoms with Crippen molar-refractivity contribution in [2.75, 3.05) is 6.54 Å². The maximum Gasteiger partial charge on any atom is 0.408 e. The predicted molar refractivity (Wildman–Crippen MR) is 99.9 cm³/mol. The molecule has 1 saturated heterocycles. The van der Waals surface area contributed by atoms with Crippen molar-refractivity contribution < 1.29 is 27.9 Å². The SMILES string of the molecule is O=C(OCc1ccccc1)C1CC(NS(=O)(=O)c2ccccc2)CN1C(=O)O. The lowest BCUT2D eigenvalue weighted by Crippen LogP contribution is -2.41. The Kier molecular flexibility index (Phi) is 5.96. The van der Waals surface area contributed by atoms with Crippen LogP contribution in [0.2, 0.25) is 0 Å². The summed E-state index contributed by atoms with van der Waals surface area (Å²) >= 11 is 0. The quantitative estimate of drug-likeness (QED) is 0.710. The Bertz CT molecular complexity index is 933. The van der Waals surface area contributed by atoms with Crippen molar-refractivity contribution in [3.05, 3.63) is 66.2 Å². The minimum Gasteiger partial charge on any atom is -0.465 e. The van der Waals surface area contributed by atoms with Gasteiger partial charge in [-0.15, -0.1) is 0 Å². The van der Waals surface area contributed by atoms with Gasteiger partial charge in [0.25, 0.3) is 0 Å². The molecular weight excluding hydrogens is 384 g/mol. The molecule has 28 heavy (non-hydrogen) atoms. The molecule has 2 aromatic carbocycles. The molecule has 2 atom stereocenters. The predicted octanol–water partition coefficient (Wildman–Crippen LogP) is 1.83. The topological polar surface area (TPSA) is 113 Å². The number of hydrogen-bond acceptors (Lipinski definition) is 5. The smallest absolute Gasteiger partial charge is 0.408 e. The van der Waals surface area contributed by atoms with Crippen LogP contribution in [-0.4, -0.2) is 49.1 Å². The zero-order valence-corrected chi connectivity index (χ0v) is 15.7. The van der Waals surface area contributed by atoms with Crippen LogP contribution in [0.4, 0.5) is 4.79 Å². The molecule has 2 unspecified atom stereocenters. The van der Waals surface area contributed by atoms with Crippen LogP contribution >= 0.6 is 0 Å². The molecule has 1 aliphatic rings. The molecule has 1 heterocycles. The molecule has 0 bridgehead atoms. The first-order valence-electron chi connectivity index (χ1n) is 8.64. The Labute approximate surface area is 162 Å². The van der Waals surface area contributed by atoms with Crippen LogP contribution < -0.4 is 4.72 Å². The second kappa shape index (κ2) is 8.41. The van der Waals surface area contributed by atoms with E-state index in [2.05, 4.69) is 4.72 Å². The third kappa shape index (κ3) is 4.68. The van der Waals surface area contributed by atoms with Gasteiger partial charge in [0.2, 0.25) is 10.0 Å². The monoisotopic (exact) mass is 404 g/mol. The van der Waals surface area contributed by atoms with Crippen LogP contribution in [0.5, 0.6) is 0 Å². The van der Waals surface area contributed by atoms with Gasteiger partial charge in [0, 0.05) is 12.6 Å². The Balaban J connectivity index is 1.67. The summed E-state index contributed by atoms with van der Waals surface area (Å²) in [5.41, 5.74) is 0.775. The fourth-order valence-corrected chi connectivity index (χ4v) is 4.33. The number of likely N-dealkylation sites (tertiary alicyclic amines) is 1. The number of carboxylic acid groups (broad SMARTS) is 1. The lowest BCUT2D eigenvalue weighted by Gasteiger charge is -2.19. The highest BCUT2D eigenvalue weighted by atomic mass is 32.2. The summed E-state index contributed by atoms with van der Waals surface area (Å²) in [5.74, 6) is -0.701. The molecule has 1 amide bonds. The maximum atomic E-state index is 12.5. The summed E-state index contributed by atoms with van der Waals surface area (Å²) in [6, 6.07) is 15.0. The number of nitrogens with one attached hydrogen (secondary N) is 1. The van der Waals surface area contributed by atoms with Gasteiger partial charge in [-0.25, -0.2) is 22.7 Å². The highest BCUT2D eigenvalue weighted by molar-refractivity contribution is 7.89. The molecule has 2 N–H and O–H groups in total. The molecule has 148 valence electrons. The zero-order valence-electron chi connectivity index (χ0n) is 14.9. The third-order valence-corrected chi connectivity index (χ3v) is 5.95. The van der Waals surface area contributed by atoms with E-state index in [1.807, 2.05) is 6.07 Å². The molecule has 8 nitrogen and oxygen atoms in total. The van der Waals surface area contributed by atoms with E-state index in [1.54, 1.807) is 42.5 Å². The molecule has 0 radical (unpaired) electrons. The molecular formula is C19H20N2O6S. The zero-order chi connectivity index (χ0) is 20.1. The first-order valence-corrected chi connectivity index (χ1v) is 10.1. The lowest BCUT2D eigenvalue weighted by molar-refractivity contribution is -0.149. The highest BCUT2D eigenvalue weighted by Crippen LogP contribution is 2.22. The standard InChI is InChI=1S/C19H20N2O6S/c22-18(27-13-14-7-3-1-4-8-14)17-11-15(12-21(17)19(23)24)20-28(25,26)16-9-5-2-6-10-16/h1-10,15,17,20H,11-13H2,(H,23,24). The van der Waals surface area contributed by atoms with Gasteiger partial charge in [-0.1, -0.05) is 48.5 Å². The Hall–Kier alpha value is -2.91. The Morgan fingerprint density at radius 2 is 1.68 bits per heavy atom. The van der Waals surface area contributed by atoms with E-state index in [0.29, 0.717) is 0 Å². The normalized spacial score (nSPS) is 19.4. The van der Waals surface area contributed by atoms with Crippen LogP contribution in [0.15, 0.2) is 65.6 Å². The van der Waals surface area contributed by atoms with Gasteiger partial charge in [0.15, 0.2) is 0 Å². The summed E-state index contributed by atoms with van der Waals surface area (Å²) < 4.78 is 32.6. The summed E-state index contributed by atoms with van der Waals surface area (Å²) in [4.78, 5) is 24.9. The number of rotatable bonds is 6. The average Bonchev–Trinajstić information content (AvgIpc) is 3.11. The minimum atomic E-state index is -3.82. The van der Waals surface area contributed by atoms with Gasteiger partial charge >= 0.3 is 12.1 Å². The van der Waals surface area contributed by atoms with E-state index in [9.17, 15) is 23.1 Å². The molecule has 0 spiro atoms. The van der Waals surface area contributed by atoms with Crippen molar-refractivity contribution in [3.63, 3.8) is 0 Å². The van der Waals surface area contributed by atoms with E-state index >= 15 is 0 Å². The number of benzene rings is 2. The number of nitrogens with zero attached hydrogens (tertiary/aromatic N) is 1. The molecule has 0 aromatic heterocycles. The van der Waals surface area contributed by atoms with E-state index in [0.717, 1.165) is 10.5 Å². The first-order chi connectivity index (χ1) is 13.4. The fraction of sp³-hybridized carbons (Fsp3) is 0.263. The Morgan fingerprint density at radius 3 is 2.29 bits per heavy atom. The lowest BCUT2D eigenvalue weighted by atomic mass is 10.2. The first kappa shape index (κ1) is 19.8. The molecule has 2 aromatic rings. The average molecular weight is 404 g/mol. The summed E-state index contributed by atoms with van der Waals surface area (Å²) in [5, 5.41) is 9.39. The van der Waals surface area contributed by atoms with Crippen LogP contribution in [0.3, 0.4) is 0 Å². The van der Waals surface area contributed by atoms with Crippen LogP contribution in [0, 0.1) is 0 Å². The fourth-order valence-electron chi connectivity index (χ4n) is 3.07. The summed E-state index contributed by atoms with van der Waals surface area (Å²) in [6.45, 7) is -0.115.